The smallest absolute Gasteiger partial charge is 0.285 e. The van der Waals surface area contributed by atoms with Gasteiger partial charge in [0.05, 0.1) is 0 Å². The van der Waals surface area contributed by atoms with E-state index in [0.717, 1.165) is 0 Å². The van der Waals surface area contributed by atoms with E-state index in [4.69, 9.17) is 0 Å². The second-order valence-electron chi connectivity index (χ2n) is 2.39. The Bertz CT molecular complexity index is 181. The minimum atomic E-state index is -0.226. The van der Waals surface area contributed by atoms with Gasteiger partial charge in [-0.25, -0.2) is 0 Å². The van der Waals surface area contributed by atoms with Crippen LogP contribution in [-0.4, -0.2) is 16.4 Å². The Morgan fingerprint density at radius 1 is 1.40 bits per heavy atom. The minimum absolute atomic E-state index is 0.0531. The zero-order valence-electron chi connectivity index (χ0n) is 5.88. The summed E-state index contributed by atoms with van der Waals surface area (Å²) < 4.78 is 0. The summed E-state index contributed by atoms with van der Waals surface area (Å²) in [6.45, 7) is 3.70. The number of amides is 2. The zero-order chi connectivity index (χ0) is 7.72. The van der Waals surface area contributed by atoms with Crippen LogP contribution in [0.1, 0.15) is 13.8 Å². The lowest BCUT2D eigenvalue weighted by molar-refractivity contribution is -0.123. The van der Waals surface area contributed by atoms with E-state index in [1.54, 1.807) is 0 Å². The van der Waals surface area contributed by atoms with Crippen LogP contribution in [0.5, 0.6) is 0 Å². The first-order valence-electron chi connectivity index (χ1n) is 3.12. The second-order valence-corrected chi connectivity index (χ2v) is 3.74. The molecule has 0 aromatic carbocycles. The molecule has 1 saturated heterocycles. The molecule has 2 amide bonds. The molecule has 0 aromatic rings. The highest BCUT2D eigenvalue weighted by Crippen LogP contribution is 2.23. The average molecular weight is 159 g/mol. The van der Waals surface area contributed by atoms with Crippen LogP contribution in [0.25, 0.3) is 0 Å². The lowest BCUT2D eigenvalue weighted by Crippen LogP contribution is -2.41. The molecule has 56 valence electrons. The third-order valence-electron chi connectivity index (χ3n) is 1.64. The van der Waals surface area contributed by atoms with Crippen LogP contribution in [0.15, 0.2) is 0 Å². The lowest BCUT2D eigenvalue weighted by Gasteiger charge is -2.22. The van der Waals surface area contributed by atoms with Crippen molar-refractivity contribution in [2.75, 3.05) is 0 Å². The van der Waals surface area contributed by atoms with Crippen LogP contribution >= 0.6 is 11.8 Å². The molecule has 4 heteroatoms. The van der Waals surface area contributed by atoms with Crippen molar-refractivity contribution in [2.45, 2.75) is 19.1 Å². The van der Waals surface area contributed by atoms with Crippen molar-refractivity contribution in [2.24, 2.45) is 5.92 Å². The molecule has 1 N–H and O–H groups in total. The Morgan fingerprint density at radius 3 is 2.50 bits per heavy atom. The molecule has 0 bridgehead atoms. The molecule has 3 nitrogen and oxygen atoms in total. The van der Waals surface area contributed by atoms with Crippen LogP contribution in [0.2, 0.25) is 0 Å². The number of rotatable bonds is 0. The van der Waals surface area contributed by atoms with E-state index in [0.29, 0.717) is 0 Å². The van der Waals surface area contributed by atoms with Crippen molar-refractivity contribution in [3.05, 3.63) is 0 Å². The van der Waals surface area contributed by atoms with Crippen LogP contribution in [0, 0.1) is 5.92 Å². The molecule has 1 heterocycles. The van der Waals surface area contributed by atoms with Crippen LogP contribution in [0.4, 0.5) is 4.79 Å². The molecule has 0 aliphatic carbocycles. The van der Waals surface area contributed by atoms with E-state index in [1.165, 1.54) is 11.8 Å². The SMILES string of the molecule is CC1C(=O)NC(=O)S[C@H]1C. The number of thioether (sulfide) groups is 1. The van der Waals surface area contributed by atoms with E-state index in [9.17, 15) is 9.59 Å². The summed E-state index contributed by atoms with van der Waals surface area (Å²) >= 11 is 1.18. The first kappa shape index (κ1) is 7.60. The van der Waals surface area contributed by atoms with E-state index in [2.05, 4.69) is 5.32 Å². The molecule has 10 heavy (non-hydrogen) atoms. The van der Waals surface area contributed by atoms with Crippen LogP contribution in [0.3, 0.4) is 0 Å². The van der Waals surface area contributed by atoms with Gasteiger partial charge in [-0.1, -0.05) is 25.6 Å². The van der Waals surface area contributed by atoms with E-state index in [-0.39, 0.29) is 22.3 Å². The third-order valence-corrected chi connectivity index (χ3v) is 2.73. The summed E-state index contributed by atoms with van der Waals surface area (Å²) in [4.78, 5) is 21.5. The monoisotopic (exact) mass is 159 g/mol. The summed E-state index contributed by atoms with van der Waals surface area (Å²) in [6, 6.07) is 0. The molecule has 1 aliphatic heterocycles. The largest absolute Gasteiger partial charge is 0.287 e. The number of hydrogen-bond acceptors (Lipinski definition) is 3. The molecule has 0 spiro atoms. The number of carbonyl (C=O) groups is 2. The van der Waals surface area contributed by atoms with Crippen molar-refractivity contribution in [1.29, 1.82) is 0 Å². The second kappa shape index (κ2) is 2.62. The predicted octanol–water partition coefficient (Wildman–Crippen LogP) is 0.994. The highest BCUT2D eigenvalue weighted by molar-refractivity contribution is 8.14. The fraction of sp³-hybridized carbons (Fsp3) is 0.667. The lowest BCUT2D eigenvalue weighted by atomic mass is 10.1. The molecule has 0 radical (unpaired) electrons. The maximum atomic E-state index is 10.9. The van der Waals surface area contributed by atoms with Gasteiger partial charge < -0.3 is 0 Å². The molecule has 1 unspecified atom stereocenters. The van der Waals surface area contributed by atoms with Gasteiger partial charge in [0.2, 0.25) is 5.91 Å². The van der Waals surface area contributed by atoms with Gasteiger partial charge in [0, 0.05) is 11.2 Å². The maximum absolute atomic E-state index is 10.9. The van der Waals surface area contributed by atoms with Crippen molar-refractivity contribution >= 4 is 22.9 Å². The first-order chi connectivity index (χ1) is 4.61. The number of nitrogens with one attached hydrogen (secondary N) is 1. The van der Waals surface area contributed by atoms with Gasteiger partial charge in [0.1, 0.15) is 0 Å². The summed E-state index contributed by atoms with van der Waals surface area (Å²) in [7, 11) is 0. The molecule has 0 aromatic heterocycles. The van der Waals surface area contributed by atoms with E-state index >= 15 is 0 Å². The highest BCUT2D eigenvalue weighted by atomic mass is 32.2. The summed E-state index contributed by atoms with van der Waals surface area (Å²) in [5.41, 5.74) is 0. The Morgan fingerprint density at radius 2 is 2.00 bits per heavy atom. The van der Waals surface area contributed by atoms with Gasteiger partial charge in [-0.15, -0.1) is 0 Å². The van der Waals surface area contributed by atoms with Gasteiger partial charge in [-0.05, 0) is 0 Å². The Hall–Kier alpha value is -0.510. The zero-order valence-corrected chi connectivity index (χ0v) is 6.70. The summed E-state index contributed by atoms with van der Waals surface area (Å²) in [5, 5.41) is 2.13. The Kier molecular flexibility index (Phi) is 1.99. The summed E-state index contributed by atoms with van der Waals surface area (Å²) in [5.74, 6) is -0.209. The van der Waals surface area contributed by atoms with Crippen LogP contribution < -0.4 is 5.32 Å². The number of hydrogen-bond donors (Lipinski definition) is 1. The molecule has 1 fully saturated rings. The molecular formula is C6H9NO2S. The predicted molar refractivity (Wildman–Crippen MR) is 39.8 cm³/mol. The molecular weight excluding hydrogens is 150 g/mol. The standard InChI is InChI=1S/C6H9NO2S/c1-3-4(2)10-6(9)7-5(3)8/h3-4H,1-2H3,(H,7,8,9)/t3?,4-/m0/s1. The van der Waals surface area contributed by atoms with Gasteiger partial charge >= 0.3 is 0 Å². The molecule has 2 atom stereocenters. The van der Waals surface area contributed by atoms with Gasteiger partial charge in [0.15, 0.2) is 0 Å². The minimum Gasteiger partial charge on any atom is -0.287 e. The van der Waals surface area contributed by atoms with Gasteiger partial charge in [-0.3, -0.25) is 14.9 Å². The fourth-order valence-corrected chi connectivity index (χ4v) is 1.55. The fourth-order valence-electron chi connectivity index (χ4n) is 0.728. The number of imide groups is 1. The van der Waals surface area contributed by atoms with E-state index in [1.807, 2.05) is 13.8 Å². The van der Waals surface area contributed by atoms with Gasteiger partial charge in [0.25, 0.3) is 5.24 Å². The van der Waals surface area contributed by atoms with Crippen molar-refractivity contribution in [3.8, 4) is 0 Å². The average Bonchev–Trinajstić information content (AvgIpc) is 1.82. The normalized spacial score (nSPS) is 33.8. The Balaban J connectivity index is 2.66. The third kappa shape index (κ3) is 1.31. The number of carbonyl (C=O) groups excluding carboxylic acids is 2. The molecule has 1 rings (SSSR count). The Labute approximate surface area is 63.6 Å². The van der Waals surface area contributed by atoms with Crippen molar-refractivity contribution in [1.82, 2.24) is 5.32 Å². The van der Waals surface area contributed by atoms with Gasteiger partial charge in [-0.2, -0.15) is 0 Å². The highest BCUT2D eigenvalue weighted by Gasteiger charge is 2.29. The van der Waals surface area contributed by atoms with E-state index < -0.39 is 0 Å². The topological polar surface area (TPSA) is 46.2 Å². The molecule has 1 aliphatic rings. The molecule has 0 saturated carbocycles. The van der Waals surface area contributed by atoms with Crippen molar-refractivity contribution in [3.63, 3.8) is 0 Å². The maximum Gasteiger partial charge on any atom is 0.285 e. The van der Waals surface area contributed by atoms with Crippen LogP contribution in [-0.2, 0) is 4.79 Å². The summed E-state index contributed by atoms with van der Waals surface area (Å²) in [6.07, 6.45) is 0. The first-order valence-corrected chi connectivity index (χ1v) is 4.00. The van der Waals surface area contributed by atoms with Crippen molar-refractivity contribution < 1.29 is 9.59 Å². The quantitative estimate of drug-likeness (QED) is 0.573.